The largest absolute Gasteiger partial charge is 0.496 e. The summed E-state index contributed by atoms with van der Waals surface area (Å²) in [6, 6.07) is 11.2. The minimum absolute atomic E-state index is 0.189. The molecule has 2 aromatic heterocycles. The zero-order valence-corrected chi connectivity index (χ0v) is 19.8. The fraction of sp³-hybridized carbons (Fsp3) is 0.296. The van der Waals surface area contributed by atoms with Crippen molar-refractivity contribution in [2.45, 2.75) is 32.8 Å². The number of benzene rings is 2. The number of ether oxygens (including phenoxy) is 2. The number of carboxylic acid groups (broad SMARTS) is 1. The first-order valence-electron chi connectivity index (χ1n) is 11.2. The summed E-state index contributed by atoms with van der Waals surface area (Å²) in [6.07, 6.45) is 2.29. The van der Waals surface area contributed by atoms with Crippen molar-refractivity contribution in [1.29, 1.82) is 0 Å². The van der Waals surface area contributed by atoms with Crippen molar-refractivity contribution in [2.75, 3.05) is 7.11 Å². The summed E-state index contributed by atoms with van der Waals surface area (Å²) in [4.78, 5) is 30.6. The van der Waals surface area contributed by atoms with Crippen molar-refractivity contribution >= 4 is 44.9 Å². The molecule has 2 aromatic carbocycles. The number of fused-ring (bicyclic) bond motifs is 5. The van der Waals surface area contributed by atoms with Gasteiger partial charge in [0.05, 0.1) is 34.8 Å². The van der Waals surface area contributed by atoms with Gasteiger partial charge in [0, 0.05) is 24.1 Å². The van der Waals surface area contributed by atoms with Crippen LogP contribution in [0, 0.1) is 5.92 Å². The Morgan fingerprint density at radius 3 is 2.68 bits per heavy atom. The van der Waals surface area contributed by atoms with Gasteiger partial charge in [0.15, 0.2) is 0 Å². The van der Waals surface area contributed by atoms with Crippen LogP contribution in [-0.4, -0.2) is 33.3 Å². The number of carboxylic acids is 1. The molecule has 1 atom stereocenters. The van der Waals surface area contributed by atoms with Crippen molar-refractivity contribution in [2.24, 2.45) is 13.0 Å². The topological polar surface area (TPSA) is 90.7 Å². The molecule has 174 valence electrons. The van der Waals surface area contributed by atoms with Crippen LogP contribution in [0.1, 0.15) is 32.8 Å². The van der Waals surface area contributed by atoms with Gasteiger partial charge in [0.1, 0.15) is 22.7 Å². The van der Waals surface area contributed by atoms with Gasteiger partial charge in [-0.2, -0.15) is 0 Å². The third-order valence-electron chi connectivity index (χ3n) is 6.76. The molecule has 0 saturated carbocycles. The molecule has 34 heavy (non-hydrogen) atoms. The highest BCUT2D eigenvalue weighted by atomic mass is 16.5. The number of aryl methyl sites for hydroxylation is 1. The van der Waals surface area contributed by atoms with E-state index in [1.54, 1.807) is 6.07 Å². The lowest BCUT2D eigenvalue weighted by Crippen LogP contribution is -2.38. The van der Waals surface area contributed by atoms with Gasteiger partial charge >= 0.3 is 5.97 Å². The highest BCUT2D eigenvalue weighted by Gasteiger charge is 2.39. The highest BCUT2D eigenvalue weighted by molar-refractivity contribution is 6.04. The van der Waals surface area contributed by atoms with Crippen LogP contribution in [0.15, 0.2) is 46.8 Å². The Balaban J connectivity index is 1.96. The number of para-hydroxylation sites is 1. The SMILES string of the molecule is CCC(C(=O)O)C1=Cc2c(cc(OC)c3c(=O)c4cc5ccccc5nc4n(C)c23)OC1(C)C. The molecule has 0 bridgehead atoms. The van der Waals surface area contributed by atoms with Gasteiger partial charge in [-0.1, -0.05) is 25.1 Å². The molecule has 3 heterocycles. The van der Waals surface area contributed by atoms with Crippen LogP contribution < -0.4 is 14.9 Å². The summed E-state index contributed by atoms with van der Waals surface area (Å²) in [7, 11) is 3.38. The van der Waals surface area contributed by atoms with E-state index in [4.69, 9.17) is 14.5 Å². The molecule has 7 nitrogen and oxygen atoms in total. The summed E-state index contributed by atoms with van der Waals surface area (Å²) in [5.41, 5.74) is 2.20. The van der Waals surface area contributed by atoms with Gasteiger partial charge in [0.2, 0.25) is 5.43 Å². The lowest BCUT2D eigenvalue weighted by molar-refractivity contribution is -0.141. The van der Waals surface area contributed by atoms with Crippen LogP contribution >= 0.6 is 0 Å². The Kier molecular flexibility index (Phi) is 4.90. The molecule has 1 N–H and O–H groups in total. The normalized spacial score (nSPS) is 15.6. The quantitative estimate of drug-likeness (QED) is 0.437. The molecular weight excluding hydrogens is 432 g/mol. The Bertz CT molecular complexity index is 1600. The zero-order chi connectivity index (χ0) is 24.4. The number of aliphatic carboxylic acids is 1. The van der Waals surface area contributed by atoms with Crippen LogP contribution in [0.3, 0.4) is 0 Å². The molecular formula is C27H26N2O5. The number of methoxy groups -OCH3 is 1. The average molecular weight is 459 g/mol. The van der Waals surface area contributed by atoms with Crippen LogP contribution in [0.4, 0.5) is 0 Å². The maximum atomic E-state index is 13.8. The Morgan fingerprint density at radius 1 is 1.26 bits per heavy atom. The first kappa shape index (κ1) is 21.9. The molecule has 0 amide bonds. The molecule has 0 fully saturated rings. The third-order valence-corrected chi connectivity index (χ3v) is 6.76. The van der Waals surface area contributed by atoms with Crippen LogP contribution in [0.2, 0.25) is 0 Å². The maximum absolute atomic E-state index is 13.8. The Hall–Kier alpha value is -3.87. The van der Waals surface area contributed by atoms with E-state index >= 15 is 0 Å². The van der Waals surface area contributed by atoms with E-state index < -0.39 is 17.5 Å². The molecule has 0 saturated heterocycles. The van der Waals surface area contributed by atoms with Crippen LogP contribution in [0.5, 0.6) is 11.5 Å². The summed E-state index contributed by atoms with van der Waals surface area (Å²) >= 11 is 0. The van der Waals surface area contributed by atoms with Crippen molar-refractivity contribution < 1.29 is 19.4 Å². The molecule has 5 rings (SSSR count). The molecule has 4 aromatic rings. The lowest BCUT2D eigenvalue weighted by Gasteiger charge is -2.37. The molecule has 7 heteroatoms. The van der Waals surface area contributed by atoms with Crippen molar-refractivity contribution in [3.63, 3.8) is 0 Å². The molecule has 0 spiro atoms. The predicted octanol–water partition coefficient (Wildman–Crippen LogP) is 4.91. The highest BCUT2D eigenvalue weighted by Crippen LogP contribution is 2.45. The van der Waals surface area contributed by atoms with Crippen LogP contribution in [0.25, 0.3) is 38.9 Å². The standard InChI is InChI=1S/C27H26N2O5/c1-6-15(26(31)32)18-12-16-20(34-27(18,2)3)13-21(33-5)22-23(16)29(4)25-17(24(22)30)11-14-9-7-8-10-19(14)28-25/h7-13,15H,6H2,1-5H3,(H,31,32). The number of rotatable bonds is 4. The Labute approximate surface area is 196 Å². The smallest absolute Gasteiger partial charge is 0.310 e. The van der Waals surface area contributed by atoms with Gasteiger partial charge in [-0.05, 0) is 44.1 Å². The number of hydrogen-bond acceptors (Lipinski definition) is 5. The minimum Gasteiger partial charge on any atom is -0.496 e. The van der Waals surface area contributed by atoms with E-state index in [0.29, 0.717) is 51.0 Å². The van der Waals surface area contributed by atoms with Gasteiger partial charge in [-0.25, -0.2) is 4.98 Å². The third kappa shape index (κ3) is 3.07. The number of nitrogens with zero attached hydrogens (tertiary/aromatic N) is 2. The average Bonchev–Trinajstić information content (AvgIpc) is 2.80. The van der Waals surface area contributed by atoms with E-state index in [1.165, 1.54) is 7.11 Å². The fourth-order valence-corrected chi connectivity index (χ4v) is 5.07. The number of aromatic nitrogens is 2. The summed E-state index contributed by atoms with van der Waals surface area (Å²) < 4.78 is 13.9. The first-order valence-corrected chi connectivity index (χ1v) is 11.2. The number of pyridine rings is 2. The van der Waals surface area contributed by atoms with Crippen LogP contribution in [-0.2, 0) is 11.8 Å². The van der Waals surface area contributed by atoms with E-state index in [-0.39, 0.29) is 5.43 Å². The molecule has 1 aliphatic heterocycles. The van der Waals surface area contributed by atoms with Gasteiger partial charge in [0.25, 0.3) is 0 Å². The maximum Gasteiger partial charge on any atom is 0.310 e. The van der Waals surface area contributed by atoms with Gasteiger partial charge in [-0.15, -0.1) is 0 Å². The second kappa shape index (κ2) is 7.58. The van der Waals surface area contributed by atoms with E-state index in [9.17, 15) is 14.7 Å². The minimum atomic E-state index is -0.904. The van der Waals surface area contributed by atoms with Gasteiger partial charge in [-0.3, -0.25) is 9.59 Å². The van der Waals surface area contributed by atoms with E-state index in [2.05, 4.69) is 0 Å². The summed E-state index contributed by atoms with van der Waals surface area (Å²) in [6.45, 7) is 5.56. The summed E-state index contributed by atoms with van der Waals surface area (Å²) in [5, 5.41) is 11.6. The first-order chi connectivity index (χ1) is 16.2. The van der Waals surface area contributed by atoms with E-state index in [1.807, 2.05) is 68.8 Å². The molecule has 1 unspecified atom stereocenters. The summed E-state index contributed by atoms with van der Waals surface area (Å²) in [5.74, 6) is -0.671. The van der Waals surface area contributed by atoms with Crippen molar-refractivity contribution in [3.8, 4) is 11.5 Å². The second-order valence-corrected chi connectivity index (χ2v) is 9.17. The Morgan fingerprint density at radius 2 is 2.00 bits per heavy atom. The number of carbonyl (C=O) groups is 1. The zero-order valence-electron chi connectivity index (χ0n) is 19.8. The van der Waals surface area contributed by atoms with Gasteiger partial charge < -0.3 is 19.1 Å². The van der Waals surface area contributed by atoms with Crippen molar-refractivity contribution in [3.05, 3.63) is 57.8 Å². The lowest BCUT2D eigenvalue weighted by atomic mass is 9.81. The molecule has 0 aliphatic carbocycles. The predicted molar refractivity (Wildman–Crippen MR) is 133 cm³/mol. The van der Waals surface area contributed by atoms with Crippen molar-refractivity contribution in [1.82, 2.24) is 9.55 Å². The fourth-order valence-electron chi connectivity index (χ4n) is 5.07. The number of hydrogen-bond donors (Lipinski definition) is 1. The molecule has 0 radical (unpaired) electrons. The van der Waals surface area contributed by atoms with E-state index in [0.717, 1.165) is 10.9 Å². The monoisotopic (exact) mass is 458 g/mol. The second-order valence-electron chi connectivity index (χ2n) is 9.17. The molecule has 1 aliphatic rings.